The Bertz CT molecular complexity index is 897. The number of morpholine rings is 1. The highest BCUT2D eigenvalue weighted by molar-refractivity contribution is 5.84. The molecule has 1 aliphatic heterocycles. The average molecular weight is 335 g/mol. The quantitative estimate of drug-likeness (QED) is 0.733. The van der Waals surface area contributed by atoms with Gasteiger partial charge in [0, 0.05) is 24.8 Å². The zero-order chi connectivity index (χ0) is 17.2. The summed E-state index contributed by atoms with van der Waals surface area (Å²) < 4.78 is 11.3. The number of fused-ring (bicyclic) bond motifs is 1. The number of ether oxygens (including phenoxy) is 2. The van der Waals surface area contributed by atoms with Gasteiger partial charge in [-0.3, -0.25) is 0 Å². The van der Waals surface area contributed by atoms with Gasteiger partial charge in [-0.1, -0.05) is 18.2 Å². The maximum absolute atomic E-state index is 6.03. The minimum Gasteiger partial charge on any atom is -0.497 e. The standard InChI is InChI=1S/C20H21N3O2/c1-14-9-20(22-13-21-14)23-7-8-25-19(12-23)17-4-3-16-11-18(24-2)6-5-15(16)10-17/h3-6,9-11,13,19H,7-8,12H2,1-2H3. The van der Waals surface area contributed by atoms with Crippen LogP contribution in [-0.4, -0.2) is 36.8 Å². The first-order chi connectivity index (χ1) is 12.2. The zero-order valence-corrected chi connectivity index (χ0v) is 14.5. The SMILES string of the molecule is COc1ccc2cc(C3CN(c4cc(C)ncn4)CCO3)ccc2c1. The smallest absolute Gasteiger partial charge is 0.132 e. The minimum atomic E-state index is 0.0375. The van der Waals surface area contributed by atoms with E-state index in [2.05, 4.69) is 45.2 Å². The fourth-order valence-electron chi connectivity index (χ4n) is 3.24. The van der Waals surface area contributed by atoms with Gasteiger partial charge in [0.15, 0.2) is 0 Å². The number of rotatable bonds is 3. The lowest BCUT2D eigenvalue weighted by Crippen LogP contribution is -2.38. The molecule has 25 heavy (non-hydrogen) atoms. The van der Waals surface area contributed by atoms with Gasteiger partial charge in [-0.2, -0.15) is 0 Å². The lowest BCUT2D eigenvalue weighted by molar-refractivity contribution is 0.0396. The molecular formula is C20H21N3O2. The van der Waals surface area contributed by atoms with E-state index in [4.69, 9.17) is 9.47 Å². The van der Waals surface area contributed by atoms with Crippen molar-refractivity contribution < 1.29 is 9.47 Å². The van der Waals surface area contributed by atoms with Gasteiger partial charge in [-0.05, 0) is 41.5 Å². The minimum absolute atomic E-state index is 0.0375. The second-order valence-corrected chi connectivity index (χ2v) is 6.30. The van der Waals surface area contributed by atoms with Gasteiger partial charge in [-0.25, -0.2) is 9.97 Å². The summed E-state index contributed by atoms with van der Waals surface area (Å²) in [5.41, 5.74) is 2.17. The lowest BCUT2D eigenvalue weighted by Gasteiger charge is -2.34. The van der Waals surface area contributed by atoms with Gasteiger partial charge in [0.25, 0.3) is 0 Å². The number of aryl methyl sites for hydroxylation is 1. The van der Waals surface area contributed by atoms with Crippen molar-refractivity contribution in [2.45, 2.75) is 13.0 Å². The maximum Gasteiger partial charge on any atom is 0.132 e. The molecule has 1 atom stereocenters. The van der Waals surface area contributed by atoms with E-state index in [0.29, 0.717) is 6.61 Å². The molecule has 1 fully saturated rings. The fourth-order valence-corrected chi connectivity index (χ4v) is 3.24. The Morgan fingerprint density at radius 1 is 1.08 bits per heavy atom. The lowest BCUT2D eigenvalue weighted by atomic mass is 10.0. The molecule has 4 rings (SSSR count). The highest BCUT2D eigenvalue weighted by Gasteiger charge is 2.23. The van der Waals surface area contributed by atoms with Crippen LogP contribution in [0, 0.1) is 6.92 Å². The Morgan fingerprint density at radius 3 is 2.76 bits per heavy atom. The number of benzene rings is 2. The van der Waals surface area contributed by atoms with Gasteiger partial charge in [0.1, 0.15) is 24.0 Å². The van der Waals surface area contributed by atoms with E-state index in [1.54, 1.807) is 13.4 Å². The molecule has 1 aromatic heterocycles. The van der Waals surface area contributed by atoms with Gasteiger partial charge < -0.3 is 14.4 Å². The predicted octanol–water partition coefficient (Wildman–Crippen LogP) is 3.52. The van der Waals surface area contributed by atoms with E-state index in [1.165, 1.54) is 16.3 Å². The van der Waals surface area contributed by atoms with Crippen molar-refractivity contribution in [1.29, 1.82) is 0 Å². The Balaban J connectivity index is 1.59. The summed E-state index contributed by atoms with van der Waals surface area (Å²) >= 11 is 0. The summed E-state index contributed by atoms with van der Waals surface area (Å²) in [6.07, 6.45) is 1.66. The first-order valence-corrected chi connectivity index (χ1v) is 8.46. The van der Waals surface area contributed by atoms with E-state index >= 15 is 0 Å². The molecule has 0 spiro atoms. The second kappa shape index (κ2) is 6.69. The Hall–Kier alpha value is -2.66. The van der Waals surface area contributed by atoms with Crippen LogP contribution in [0.3, 0.4) is 0 Å². The maximum atomic E-state index is 6.03. The Labute approximate surface area is 147 Å². The molecule has 0 N–H and O–H groups in total. The number of hydrogen-bond acceptors (Lipinski definition) is 5. The molecule has 5 nitrogen and oxygen atoms in total. The molecule has 128 valence electrons. The number of aromatic nitrogens is 2. The van der Waals surface area contributed by atoms with E-state index in [0.717, 1.165) is 30.4 Å². The Morgan fingerprint density at radius 2 is 1.92 bits per heavy atom. The highest BCUT2D eigenvalue weighted by atomic mass is 16.5. The molecule has 0 radical (unpaired) electrons. The van der Waals surface area contributed by atoms with Crippen LogP contribution in [0.2, 0.25) is 0 Å². The van der Waals surface area contributed by atoms with E-state index in [1.807, 2.05) is 19.1 Å². The fraction of sp³-hybridized carbons (Fsp3) is 0.300. The highest BCUT2D eigenvalue weighted by Crippen LogP contribution is 2.29. The van der Waals surface area contributed by atoms with Crippen molar-refractivity contribution in [3.63, 3.8) is 0 Å². The van der Waals surface area contributed by atoms with Crippen molar-refractivity contribution >= 4 is 16.6 Å². The van der Waals surface area contributed by atoms with Gasteiger partial charge in [0.2, 0.25) is 0 Å². The number of nitrogens with zero attached hydrogens (tertiary/aromatic N) is 3. The van der Waals surface area contributed by atoms with Crippen LogP contribution in [0.5, 0.6) is 5.75 Å². The molecule has 1 unspecified atom stereocenters. The molecule has 0 amide bonds. The van der Waals surface area contributed by atoms with Gasteiger partial charge in [0.05, 0.1) is 13.7 Å². The van der Waals surface area contributed by atoms with Crippen LogP contribution in [0.25, 0.3) is 10.8 Å². The van der Waals surface area contributed by atoms with E-state index in [-0.39, 0.29) is 6.10 Å². The third kappa shape index (κ3) is 3.28. The number of anilines is 1. The summed E-state index contributed by atoms with van der Waals surface area (Å²) in [6.45, 7) is 4.31. The van der Waals surface area contributed by atoms with Crippen molar-refractivity contribution in [1.82, 2.24) is 9.97 Å². The van der Waals surface area contributed by atoms with Crippen LogP contribution in [0.4, 0.5) is 5.82 Å². The van der Waals surface area contributed by atoms with Crippen LogP contribution in [0.1, 0.15) is 17.4 Å². The van der Waals surface area contributed by atoms with Crippen molar-refractivity contribution in [3.05, 3.63) is 60.0 Å². The zero-order valence-electron chi connectivity index (χ0n) is 14.5. The molecular weight excluding hydrogens is 314 g/mol. The molecule has 0 saturated carbocycles. The second-order valence-electron chi connectivity index (χ2n) is 6.30. The molecule has 0 bridgehead atoms. The first-order valence-electron chi connectivity index (χ1n) is 8.46. The van der Waals surface area contributed by atoms with Crippen LogP contribution < -0.4 is 9.64 Å². The summed E-state index contributed by atoms with van der Waals surface area (Å²) in [5, 5.41) is 2.36. The molecule has 1 aliphatic rings. The summed E-state index contributed by atoms with van der Waals surface area (Å²) in [4.78, 5) is 10.9. The van der Waals surface area contributed by atoms with Crippen molar-refractivity contribution in [2.75, 3.05) is 31.7 Å². The van der Waals surface area contributed by atoms with Gasteiger partial charge >= 0.3 is 0 Å². The topological polar surface area (TPSA) is 47.5 Å². The predicted molar refractivity (Wildman–Crippen MR) is 98.2 cm³/mol. The molecule has 2 aromatic carbocycles. The molecule has 5 heteroatoms. The monoisotopic (exact) mass is 335 g/mol. The van der Waals surface area contributed by atoms with Gasteiger partial charge in [-0.15, -0.1) is 0 Å². The average Bonchev–Trinajstić information content (AvgIpc) is 2.67. The van der Waals surface area contributed by atoms with E-state index < -0.39 is 0 Å². The van der Waals surface area contributed by atoms with E-state index in [9.17, 15) is 0 Å². The first kappa shape index (κ1) is 15.8. The summed E-state index contributed by atoms with van der Waals surface area (Å²) in [6, 6.07) is 14.6. The molecule has 1 saturated heterocycles. The van der Waals surface area contributed by atoms with Crippen molar-refractivity contribution in [2.24, 2.45) is 0 Å². The molecule has 3 aromatic rings. The molecule has 0 aliphatic carbocycles. The van der Waals surface area contributed by atoms with Crippen molar-refractivity contribution in [3.8, 4) is 5.75 Å². The van der Waals surface area contributed by atoms with Crippen LogP contribution >= 0.6 is 0 Å². The normalized spacial score (nSPS) is 17.7. The summed E-state index contributed by atoms with van der Waals surface area (Å²) in [5.74, 6) is 1.84. The van der Waals surface area contributed by atoms with Crippen LogP contribution in [0.15, 0.2) is 48.8 Å². The Kier molecular flexibility index (Phi) is 4.24. The largest absolute Gasteiger partial charge is 0.497 e. The third-order valence-electron chi connectivity index (χ3n) is 4.62. The summed E-state index contributed by atoms with van der Waals surface area (Å²) in [7, 11) is 1.69. The number of hydrogen-bond donors (Lipinski definition) is 0. The van der Waals surface area contributed by atoms with Crippen LogP contribution in [-0.2, 0) is 4.74 Å². The molecule has 2 heterocycles. The third-order valence-corrected chi connectivity index (χ3v) is 4.62. The number of methoxy groups -OCH3 is 1.